The molecule has 1 aromatic carbocycles. The molecule has 0 saturated carbocycles. The summed E-state index contributed by atoms with van der Waals surface area (Å²) >= 11 is 0. The number of nitrogens with zero attached hydrogens (tertiary/aromatic N) is 2. The van der Waals surface area contributed by atoms with Gasteiger partial charge in [-0.05, 0) is 63.7 Å². The quantitative estimate of drug-likeness (QED) is 0.719. The molecule has 0 spiro atoms. The number of hydrogen-bond donors (Lipinski definition) is 0. The van der Waals surface area contributed by atoms with Crippen LogP contribution in [0.3, 0.4) is 0 Å². The molecule has 0 bridgehead atoms. The van der Waals surface area contributed by atoms with E-state index in [1.807, 2.05) is 24.3 Å². The number of fused-ring (bicyclic) bond motifs is 1. The van der Waals surface area contributed by atoms with E-state index in [-0.39, 0.29) is 18.6 Å². The maximum absolute atomic E-state index is 12.8. The van der Waals surface area contributed by atoms with E-state index in [9.17, 15) is 4.79 Å². The Labute approximate surface area is 167 Å². The Morgan fingerprint density at radius 3 is 2.71 bits per heavy atom. The van der Waals surface area contributed by atoms with Crippen LogP contribution in [0.25, 0.3) is 0 Å². The van der Waals surface area contributed by atoms with Crippen molar-refractivity contribution in [1.82, 2.24) is 9.80 Å². The van der Waals surface area contributed by atoms with Gasteiger partial charge in [0.15, 0.2) is 17.6 Å². The smallest absolute Gasteiger partial charge is 0.248 e. The molecule has 3 heterocycles. The second-order valence-corrected chi connectivity index (χ2v) is 8.09. The maximum Gasteiger partial charge on any atom is 0.248 e. The second kappa shape index (κ2) is 9.61. The predicted octanol–water partition coefficient (Wildman–Crippen LogP) is 2.71. The number of piperidine rings is 1. The molecule has 0 unspecified atom stereocenters. The number of rotatable bonds is 7. The molecule has 1 aromatic rings. The molecular formula is C22H32N2O4. The molecule has 1 amide bonds. The fraction of sp³-hybridized carbons (Fsp3) is 0.682. The lowest BCUT2D eigenvalue weighted by Crippen LogP contribution is -2.47. The molecule has 0 aromatic heterocycles. The first-order chi connectivity index (χ1) is 13.8. The van der Waals surface area contributed by atoms with Gasteiger partial charge in [-0.2, -0.15) is 0 Å². The van der Waals surface area contributed by atoms with Gasteiger partial charge in [-0.15, -0.1) is 0 Å². The van der Waals surface area contributed by atoms with Crippen molar-refractivity contribution in [3.8, 4) is 11.5 Å². The van der Waals surface area contributed by atoms with Gasteiger partial charge in [-0.3, -0.25) is 4.79 Å². The molecule has 2 fully saturated rings. The van der Waals surface area contributed by atoms with Crippen LogP contribution in [-0.2, 0) is 9.53 Å². The molecule has 2 saturated heterocycles. The monoisotopic (exact) mass is 388 g/mol. The number of ether oxygens (including phenoxy) is 3. The highest BCUT2D eigenvalue weighted by Crippen LogP contribution is 2.30. The molecule has 0 N–H and O–H groups in total. The summed E-state index contributed by atoms with van der Waals surface area (Å²) in [5, 5.41) is 0. The first kappa shape index (κ1) is 19.5. The lowest BCUT2D eigenvalue weighted by atomic mass is 9.99. The van der Waals surface area contributed by atoms with Crippen LogP contribution in [-0.4, -0.2) is 73.9 Å². The lowest BCUT2D eigenvalue weighted by molar-refractivity contribution is -0.141. The highest BCUT2D eigenvalue weighted by Gasteiger charge is 2.28. The van der Waals surface area contributed by atoms with Crippen molar-refractivity contribution in [1.29, 1.82) is 0 Å². The topological polar surface area (TPSA) is 51.2 Å². The largest absolute Gasteiger partial charge is 0.486 e. The molecule has 28 heavy (non-hydrogen) atoms. The highest BCUT2D eigenvalue weighted by molar-refractivity contribution is 5.77. The van der Waals surface area contributed by atoms with Gasteiger partial charge >= 0.3 is 0 Å². The van der Waals surface area contributed by atoms with Crippen LogP contribution in [0.1, 0.15) is 38.5 Å². The van der Waals surface area contributed by atoms with Crippen LogP contribution >= 0.6 is 0 Å². The Hall–Kier alpha value is -1.79. The molecule has 2 atom stereocenters. The van der Waals surface area contributed by atoms with E-state index in [0.717, 1.165) is 43.9 Å². The SMILES string of the molecule is O=C(COC[C@H]1COc2ccccc2O1)N1CCCC[C@H]1CCN1CCCC1. The number of para-hydroxylation sites is 2. The van der Waals surface area contributed by atoms with Gasteiger partial charge < -0.3 is 24.0 Å². The molecule has 3 aliphatic rings. The van der Waals surface area contributed by atoms with E-state index in [1.165, 1.54) is 32.4 Å². The molecular weight excluding hydrogens is 356 g/mol. The van der Waals surface area contributed by atoms with Gasteiger partial charge in [0.25, 0.3) is 0 Å². The summed E-state index contributed by atoms with van der Waals surface area (Å²) in [5.41, 5.74) is 0. The molecule has 6 nitrogen and oxygen atoms in total. The summed E-state index contributed by atoms with van der Waals surface area (Å²) < 4.78 is 17.3. The van der Waals surface area contributed by atoms with E-state index < -0.39 is 0 Å². The fourth-order valence-corrected chi connectivity index (χ4v) is 4.47. The number of carbonyl (C=O) groups is 1. The summed E-state index contributed by atoms with van der Waals surface area (Å²) in [6.45, 7) is 5.36. The summed E-state index contributed by atoms with van der Waals surface area (Å²) in [4.78, 5) is 17.4. The zero-order valence-corrected chi connectivity index (χ0v) is 16.7. The normalized spacial score (nSPS) is 25.1. The summed E-state index contributed by atoms with van der Waals surface area (Å²) in [6, 6.07) is 8.01. The van der Waals surface area contributed by atoms with Gasteiger partial charge in [0.2, 0.25) is 5.91 Å². The Morgan fingerprint density at radius 1 is 1.07 bits per heavy atom. The minimum atomic E-state index is -0.171. The number of likely N-dealkylation sites (tertiary alicyclic amines) is 2. The molecule has 6 heteroatoms. The van der Waals surface area contributed by atoms with Crippen molar-refractivity contribution in [2.45, 2.75) is 50.7 Å². The second-order valence-electron chi connectivity index (χ2n) is 8.09. The van der Waals surface area contributed by atoms with Crippen molar-refractivity contribution >= 4 is 5.91 Å². The summed E-state index contributed by atoms with van der Waals surface area (Å²) in [5.74, 6) is 1.62. The van der Waals surface area contributed by atoms with Crippen molar-refractivity contribution in [3.63, 3.8) is 0 Å². The standard InChI is InChI=1S/C22H32N2O4/c25-22(17-26-15-19-16-27-20-8-1-2-9-21(20)28-19)24-13-4-3-7-18(24)10-14-23-11-5-6-12-23/h1-2,8-9,18-19H,3-7,10-17H2/t18-,19-/m0/s1. The zero-order chi connectivity index (χ0) is 19.2. The Balaban J connectivity index is 1.21. The average molecular weight is 389 g/mol. The van der Waals surface area contributed by atoms with E-state index in [0.29, 0.717) is 19.3 Å². The Morgan fingerprint density at radius 2 is 1.86 bits per heavy atom. The number of carbonyl (C=O) groups excluding carboxylic acids is 1. The van der Waals surface area contributed by atoms with Gasteiger partial charge in [0.1, 0.15) is 13.2 Å². The van der Waals surface area contributed by atoms with Crippen LogP contribution in [0, 0.1) is 0 Å². The van der Waals surface area contributed by atoms with Crippen LogP contribution in [0.5, 0.6) is 11.5 Å². The van der Waals surface area contributed by atoms with Crippen molar-refractivity contribution in [2.24, 2.45) is 0 Å². The molecule has 0 aliphatic carbocycles. The zero-order valence-electron chi connectivity index (χ0n) is 16.7. The summed E-state index contributed by atoms with van der Waals surface area (Å²) in [6.07, 6.45) is 6.99. The molecule has 154 valence electrons. The highest BCUT2D eigenvalue weighted by atomic mass is 16.6. The Bertz CT molecular complexity index is 647. The van der Waals surface area contributed by atoms with E-state index >= 15 is 0 Å². The van der Waals surface area contributed by atoms with E-state index in [1.54, 1.807) is 0 Å². The number of benzene rings is 1. The number of hydrogen-bond acceptors (Lipinski definition) is 5. The number of amides is 1. The van der Waals surface area contributed by atoms with Crippen molar-refractivity contribution < 1.29 is 19.0 Å². The van der Waals surface area contributed by atoms with Gasteiger partial charge in [0.05, 0.1) is 6.61 Å². The molecule has 4 rings (SSSR count). The third-order valence-electron chi connectivity index (χ3n) is 6.02. The van der Waals surface area contributed by atoms with Crippen LogP contribution in [0.2, 0.25) is 0 Å². The average Bonchev–Trinajstić information content (AvgIpc) is 3.26. The van der Waals surface area contributed by atoms with Crippen LogP contribution < -0.4 is 9.47 Å². The minimum absolute atomic E-state index is 0.114. The first-order valence-corrected chi connectivity index (χ1v) is 10.8. The van der Waals surface area contributed by atoms with Crippen molar-refractivity contribution in [3.05, 3.63) is 24.3 Å². The summed E-state index contributed by atoms with van der Waals surface area (Å²) in [7, 11) is 0. The van der Waals surface area contributed by atoms with Crippen LogP contribution in [0.4, 0.5) is 0 Å². The fourth-order valence-electron chi connectivity index (χ4n) is 4.47. The third-order valence-corrected chi connectivity index (χ3v) is 6.02. The van der Waals surface area contributed by atoms with E-state index in [2.05, 4.69) is 9.80 Å². The van der Waals surface area contributed by atoms with Gasteiger partial charge in [-0.1, -0.05) is 12.1 Å². The molecule has 0 radical (unpaired) electrons. The first-order valence-electron chi connectivity index (χ1n) is 10.8. The predicted molar refractivity (Wildman–Crippen MR) is 107 cm³/mol. The van der Waals surface area contributed by atoms with Crippen LogP contribution in [0.15, 0.2) is 24.3 Å². The maximum atomic E-state index is 12.8. The minimum Gasteiger partial charge on any atom is -0.486 e. The Kier molecular flexibility index (Phi) is 6.70. The lowest BCUT2D eigenvalue weighted by Gasteiger charge is -2.36. The van der Waals surface area contributed by atoms with Gasteiger partial charge in [-0.25, -0.2) is 0 Å². The van der Waals surface area contributed by atoms with Crippen molar-refractivity contribution in [2.75, 3.05) is 46.0 Å². The van der Waals surface area contributed by atoms with Gasteiger partial charge in [0, 0.05) is 19.1 Å². The third kappa shape index (κ3) is 4.97. The van der Waals surface area contributed by atoms with E-state index in [4.69, 9.17) is 14.2 Å². The molecule has 3 aliphatic heterocycles.